The predicted molar refractivity (Wildman–Crippen MR) is 76.2 cm³/mol. The van der Waals surface area contributed by atoms with E-state index in [1.165, 1.54) is 0 Å². The monoisotopic (exact) mass is 372 g/mol. The fraction of sp³-hybridized carbons (Fsp3) is 0.800. The van der Waals surface area contributed by atoms with Gasteiger partial charge in [-0.05, 0) is 24.7 Å². The van der Waals surface area contributed by atoms with E-state index >= 15 is 0 Å². The number of hydrogen-bond acceptors (Lipinski definition) is 0. The SMILES string of the molecule is ClC1=C(Cl)[C@]2(Cl)C3CC(Cl)CC3[C@@]1(Cl)C2(Cl)Cl. The third-order valence-electron chi connectivity index (χ3n) is 4.27. The second kappa shape index (κ2) is 3.70. The highest BCUT2D eigenvalue weighted by Crippen LogP contribution is 2.79. The topological polar surface area (TPSA) is 0 Å². The molecule has 0 spiro atoms. The molecule has 0 aromatic rings. The zero-order chi connectivity index (χ0) is 12.8. The van der Waals surface area contributed by atoms with Crippen molar-refractivity contribution in [3.63, 3.8) is 0 Å². The van der Waals surface area contributed by atoms with E-state index in [4.69, 9.17) is 81.2 Å². The van der Waals surface area contributed by atoms with Crippen LogP contribution in [0.3, 0.4) is 0 Å². The molecule has 2 bridgehead atoms. The highest BCUT2D eigenvalue weighted by Gasteiger charge is 2.83. The van der Waals surface area contributed by atoms with Crippen LogP contribution in [0.25, 0.3) is 0 Å². The summed E-state index contributed by atoms with van der Waals surface area (Å²) in [6.07, 6.45) is 1.40. The van der Waals surface area contributed by atoms with Crippen molar-refractivity contribution in [3.8, 4) is 0 Å². The summed E-state index contributed by atoms with van der Waals surface area (Å²) < 4.78 is -1.40. The van der Waals surface area contributed by atoms with Crippen LogP contribution in [0.5, 0.6) is 0 Å². The molecule has 17 heavy (non-hydrogen) atoms. The number of rotatable bonds is 0. The Kier molecular flexibility index (Phi) is 2.99. The maximum Gasteiger partial charge on any atom is 0.166 e. The number of allylic oxidation sites excluding steroid dienone is 2. The Balaban J connectivity index is 2.24. The quantitative estimate of drug-likeness (QED) is 0.493. The van der Waals surface area contributed by atoms with E-state index in [2.05, 4.69) is 0 Å². The van der Waals surface area contributed by atoms with E-state index in [0.717, 1.165) is 0 Å². The van der Waals surface area contributed by atoms with E-state index < -0.39 is 14.1 Å². The smallest absolute Gasteiger partial charge is 0.123 e. The number of hydrogen-bond donors (Lipinski definition) is 0. The van der Waals surface area contributed by atoms with Crippen LogP contribution in [0.15, 0.2) is 10.1 Å². The Bertz CT molecular complexity index is 394. The van der Waals surface area contributed by atoms with Gasteiger partial charge in [0, 0.05) is 5.38 Å². The van der Waals surface area contributed by atoms with E-state index in [0.29, 0.717) is 12.8 Å². The lowest BCUT2D eigenvalue weighted by molar-refractivity contribution is 0.382. The van der Waals surface area contributed by atoms with Crippen molar-refractivity contribution >= 4 is 81.2 Å². The largest absolute Gasteiger partial charge is 0.166 e. The van der Waals surface area contributed by atoms with Crippen LogP contribution in [0.4, 0.5) is 0 Å². The Labute approximate surface area is 134 Å². The lowest BCUT2D eigenvalue weighted by atomic mass is 9.85. The van der Waals surface area contributed by atoms with Gasteiger partial charge in [0.2, 0.25) is 0 Å². The molecule has 0 nitrogen and oxygen atoms in total. The normalized spacial score (nSPS) is 55.6. The molecule has 0 aromatic carbocycles. The van der Waals surface area contributed by atoms with Crippen LogP contribution in [-0.4, -0.2) is 19.5 Å². The van der Waals surface area contributed by atoms with Gasteiger partial charge in [0.1, 0.15) is 9.75 Å². The second-order valence-corrected chi connectivity index (χ2v) is 8.80. The third kappa shape index (κ3) is 1.24. The number of halogens is 7. The molecule has 3 unspecified atom stereocenters. The van der Waals surface area contributed by atoms with Crippen LogP contribution < -0.4 is 0 Å². The number of alkyl halides is 5. The molecule has 3 aliphatic rings. The van der Waals surface area contributed by atoms with Gasteiger partial charge in [-0.2, -0.15) is 0 Å². The standard InChI is InChI=1S/C10H7Cl7/c11-3-1-4-5(2-3)9(15)7(13)6(12)8(4,14)10(9,16)17/h3-5H,1-2H2/t3?,4?,5?,8-,9+. The van der Waals surface area contributed by atoms with Crippen molar-refractivity contribution in [2.45, 2.75) is 32.3 Å². The molecule has 96 valence electrons. The summed E-state index contributed by atoms with van der Waals surface area (Å²) in [5, 5.41) is 0.554. The Morgan fingerprint density at radius 3 is 1.53 bits per heavy atom. The molecular weight excluding hydrogens is 368 g/mol. The molecule has 0 saturated heterocycles. The number of fused-ring (bicyclic) bond motifs is 5. The van der Waals surface area contributed by atoms with Crippen molar-refractivity contribution in [2.75, 3.05) is 0 Å². The van der Waals surface area contributed by atoms with E-state index in [1.54, 1.807) is 0 Å². The average Bonchev–Trinajstić information content (AvgIpc) is 2.72. The molecule has 5 atom stereocenters. The van der Waals surface area contributed by atoms with Crippen LogP contribution in [0.1, 0.15) is 12.8 Å². The molecule has 0 N–H and O–H groups in total. The fourth-order valence-electron chi connectivity index (χ4n) is 3.51. The van der Waals surface area contributed by atoms with Gasteiger partial charge in [0.15, 0.2) is 4.33 Å². The first-order valence-electron chi connectivity index (χ1n) is 5.15. The first-order chi connectivity index (χ1) is 7.69. The van der Waals surface area contributed by atoms with Crippen LogP contribution >= 0.6 is 81.2 Å². The first-order valence-corrected chi connectivity index (χ1v) is 7.85. The summed E-state index contributed by atoms with van der Waals surface area (Å²) in [5.74, 6) is -0.0664. The highest BCUT2D eigenvalue weighted by atomic mass is 35.5. The van der Waals surface area contributed by atoms with Gasteiger partial charge in [-0.25, -0.2) is 0 Å². The van der Waals surface area contributed by atoms with Gasteiger partial charge >= 0.3 is 0 Å². The molecule has 2 saturated carbocycles. The molecule has 3 aliphatic carbocycles. The molecular formula is C10H7Cl7. The summed E-state index contributed by atoms with van der Waals surface area (Å²) in [4.78, 5) is -2.24. The Morgan fingerprint density at radius 2 is 1.18 bits per heavy atom. The summed E-state index contributed by atoms with van der Waals surface area (Å²) in [7, 11) is 0. The summed E-state index contributed by atoms with van der Waals surface area (Å²) in [5.41, 5.74) is 0. The zero-order valence-corrected chi connectivity index (χ0v) is 13.6. The van der Waals surface area contributed by atoms with Crippen molar-refractivity contribution < 1.29 is 0 Å². The van der Waals surface area contributed by atoms with Crippen molar-refractivity contribution in [3.05, 3.63) is 10.1 Å². The fourth-order valence-corrected chi connectivity index (χ4v) is 7.00. The van der Waals surface area contributed by atoms with Crippen molar-refractivity contribution in [1.82, 2.24) is 0 Å². The van der Waals surface area contributed by atoms with E-state index in [1.807, 2.05) is 0 Å². The maximum atomic E-state index is 6.61. The zero-order valence-electron chi connectivity index (χ0n) is 8.29. The van der Waals surface area contributed by atoms with Gasteiger partial charge in [0.05, 0.1) is 10.1 Å². The summed E-state index contributed by atoms with van der Waals surface area (Å²) in [6.45, 7) is 0. The van der Waals surface area contributed by atoms with Crippen molar-refractivity contribution in [2.24, 2.45) is 11.8 Å². The summed E-state index contributed by atoms with van der Waals surface area (Å²) >= 11 is 44.6. The first kappa shape index (κ1) is 13.7. The van der Waals surface area contributed by atoms with Crippen molar-refractivity contribution in [1.29, 1.82) is 0 Å². The lowest BCUT2D eigenvalue weighted by Gasteiger charge is -2.34. The van der Waals surface area contributed by atoms with Crippen LogP contribution in [0.2, 0.25) is 0 Å². The van der Waals surface area contributed by atoms with Gasteiger partial charge in [-0.1, -0.05) is 46.4 Å². The molecule has 0 radical (unpaired) electrons. The van der Waals surface area contributed by atoms with Crippen LogP contribution in [-0.2, 0) is 0 Å². The van der Waals surface area contributed by atoms with Gasteiger partial charge in [-0.3, -0.25) is 0 Å². The summed E-state index contributed by atoms with van der Waals surface area (Å²) in [6, 6.07) is 0. The minimum atomic E-state index is -1.40. The minimum Gasteiger partial charge on any atom is -0.123 e. The van der Waals surface area contributed by atoms with Crippen LogP contribution in [0, 0.1) is 11.8 Å². The third-order valence-corrected chi connectivity index (χ3v) is 8.98. The van der Waals surface area contributed by atoms with E-state index in [9.17, 15) is 0 Å². The molecule has 7 heteroatoms. The van der Waals surface area contributed by atoms with E-state index in [-0.39, 0.29) is 27.3 Å². The lowest BCUT2D eigenvalue weighted by Crippen LogP contribution is -2.45. The Hall–Kier alpha value is 1.77. The molecule has 0 aliphatic heterocycles. The minimum absolute atomic E-state index is 0.0118. The average molecular weight is 375 g/mol. The highest BCUT2D eigenvalue weighted by molar-refractivity contribution is 6.65. The van der Waals surface area contributed by atoms with Gasteiger partial charge < -0.3 is 0 Å². The Morgan fingerprint density at radius 1 is 0.824 bits per heavy atom. The second-order valence-electron chi connectivity index (χ2n) is 4.91. The molecule has 0 aromatic heterocycles. The van der Waals surface area contributed by atoms with Gasteiger partial charge in [-0.15, -0.1) is 34.8 Å². The maximum absolute atomic E-state index is 6.61. The van der Waals surface area contributed by atoms with Gasteiger partial charge in [0.25, 0.3) is 0 Å². The molecule has 0 heterocycles. The molecule has 3 rings (SSSR count). The molecule has 2 fully saturated rings. The predicted octanol–water partition coefficient (Wildman–Crippen LogP) is 5.47. The molecule has 0 amide bonds.